The first-order valence-corrected chi connectivity index (χ1v) is 6.91. The third kappa shape index (κ3) is 3.61. The van der Waals surface area contributed by atoms with E-state index in [1.54, 1.807) is 7.11 Å². The molecule has 0 amide bonds. The molecule has 0 bridgehead atoms. The van der Waals surface area contributed by atoms with Crippen LogP contribution in [0.15, 0.2) is 18.2 Å². The summed E-state index contributed by atoms with van der Waals surface area (Å²) in [4.78, 5) is 0. The fourth-order valence-corrected chi connectivity index (χ4v) is 2.50. The maximum absolute atomic E-state index is 9.99. The van der Waals surface area contributed by atoms with Crippen LogP contribution in [0.5, 0.6) is 11.5 Å². The van der Waals surface area contributed by atoms with Crippen LogP contribution in [0.2, 0.25) is 0 Å². The molecule has 0 heterocycles. The molecule has 4 heteroatoms. The summed E-state index contributed by atoms with van der Waals surface area (Å²) in [6.07, 6.45) is 3.54. The molecule has 0 aliphatic heterocycles. The van der Waals surface area contributed by atoms with E-state index in [-0.39, 0.29) is 12.2 Å². The van der Waals surface area contributed by atoms with Gasteiger partial charge in [-0.15, -0.1) is 0 Å². The van der Waals surface area contributed by atoms with Crippen LogP contribution in [0.4, 0.5) is 0 Å². The Morgan fingerprint density at radius 1 is 1.32 bits per heavy atom. The van der Waals surface area contributed by atoms with E-state index in [1.165, 1.54) is 0 Å². The number of aliphatic hydroxyl groups excluding tert-OH is 1. The quantitative estimate of drug-likeness (QED) is 0.856. The summed E-state index contributed by atoms with van der Waals surface area (Å²) < 4.78 is 11.2. The highest BCUT2D eigenvalue weighted by Crippen LogP contribution is 2.29. The van der Waals surface area contributed by atoms with Crippen molar-refractivity contribution in [1.82, 2.24) is 5.32 Å². The van der Waals surface area contributed by atoms with Crippen LogP contribution in [0.3, 0.4) is 0 Å². The minimum atomic E-state index is -0.349. The molecule has 2 atom stereocenters. The van der Waals surface area contributed by atoms with Gasteiger partial charge >= 0.3 is 0 Å². The number of rotatable bonds is 5. The molecule has 2 N–H and O–H groups in total. The molecule has 0 radical (unpaired) electrons. The average Bonchev–Trinajstić information content (AvgIpc) is 2.43. The van der Waals surface area contributed by atoms with Crippen LogP contribution in [0.1, 0.15) is 31.2 Å². The van der Waals surface area contributed by atoms with E-state index in [2.05, 4.69) is 5.32 Å². The summed E-state index contributed by atoms with van der Waals surface area (Å²) >= 11 is 0. The maximum Gasteiger partial charge on any atom is 0.124 e. The number of benzene rings is 1. The van der Waals surface area contributed by atoms with Gasteiger partial charge in [0.15, 0.2) is 0 Å². The summed E-state index contributed by atoms with van der Waals surface area (Å²) in [7, 11) is 3.56. The van der Waals surface area contributed by atoms with Gasteiger partial charge in [0.25, 0.3) is 0 Å². The van der Waals surface area contributed by atoms with Crippen molar-refractivity contribution in [2.75, 3.05) is 14.2 Å². The van der Waals surface area contributed by atoms with Crippen LogP contribution in [-0.4, -0.2) is 31.5 Å². The van der Waals surface area contributed by atoms with Gasteiger partial charge in [0.2, 0.25) is 0 Å². The van der Waals surface area contributed by atoms with Gasteiger partial charge in [0.1, 0.15) is 17.6 Å². The Kier molecular flexibility index (Phi) is 5.05. The fraction of sp³-hybridized carbons (Fsp3) is 0.600. The molecular formula is C15H23NO3. The summed E-state index contributed by atoms with van der Waals surface area (Å²) in [5.41, 5.74) is 1.06. The molecule has 2 unspecified atom stereocenters. The highest BCUT2D eigenvalue weighted by molar-refractivity contribution is 5.40. The molecule has 2 rings (SSSR count). The molecule has 1 fully saturated rings. The second-order valence-electron chi connectivity index (χ2n) is 5.01. The zero-order valence-electron chi connectivity index (χ0n) is 11.7. The van der Waals surface area contributed by atoms with Crippen molar-refractivity contribution in [3.05, 3.63) is 23.8 Å². The van der Waals surface area contributed by atoms with Gasteiger partial charge in [0, 0.05) is 12.1 Å². The first-order chi connectivity index (χ1) is 9.24. The number of ether oxygens (including phenoxy) is 2. The van der Waals surface area contributed by atoms with Gasteiger partial charge in [-0.05, 0) is 44.5 Å². The van der Waals surface area contributed by atoms with Crippen LogP contribution >= 0.6 is 0 Å². The minimum absolute atomic E-state index is 0.0854. The van der Waals surface area contributed by atoms with E-state index < -0.39 is 0 Å². The Morgan fingerprint density at radius 2 is 2.11 bits per heavy atom. The van der Waals surface area contributed by atoms with Crippen molar-refractivity contribution in [2.24, 2.45) is 0 Å². The highest BCUT2D eigenvalue weighted by Gasteiger charge is 2.25. The lowest BCUT2D eigenvalue weighted by Crippen LogP contribution is -2.35. The van der Waals surface area contributed by atoms with Crippen molar-refractivity contribution in [3.63, 3.8) is 0 Å². The van der Waals surface area contributed by atoms with Gasteiger partial charge in [-0.2, -0.15) is 0 Å². The van der Waals surface area contributed by atoms with E-state index in [0.29, 0.717) is 0 Å². The molecule has 1 aromatic rings. The monoisotopic (exact) mass is 265 g/mol. The van der Waals surface area contributed by atoms with Crippen LogP contribution in [0, 0.1) is 0 Å². The Labute approximate surface area is 114 Å². The van der Waals surface area contributed by atoms with Crippen LogP contribution in [0.25, 0.3) is 0 Å². The van der Waals surface area contributed by atoms with Gasteiger partial charge in [-0.25, -0.2) is 0 Å². The molecule has 19 heavy (non-hydrogen) atoms. The van der Waals surface area contributed by atoms with E-state index in [1.807, 2.05) is 25.2 Å². The van der Waals surface area contributed by atoms with Gasteiger partial charge in [-0.3, -0.25) is 0 Å². The summed E-state index contributed by atoms with van der Waals surface area (Å²) in [5.74, 6) is 1.66. The molecule has 0 spiro atoms. The highest BCUT2D eigenvalue weighted by atomic mass is 16.5. The van der Waals surface area contributed by atoms with E-state index in [0.717, 1.165) is 49.3 Å². The molecule has 1 aromatic carbocycles. The lowest BCUT2D eigenvalue weighted by molar-refractivity contribution is 0.00635. The number of hydrogen-bond acceptors (Lipinski definition) is 4. The van der Waals surface area contributed by atoms with Crippen molar-refractivity contribution in [3.8, 4) is 11.5 Å². The predicted molar refractivity (Wildman–Crippen MR) is 74.6 cm³/mol. The molecule has 4 nitrogen and oxygen atoms in total. The largest absolute Gasteiger partial charge is 0.497 e. The van der Waals surface area contributed by atoms with Gasteiger partial charge in [-0.1, -0.05) is 6.42 Å². The molecule has 106 valence electrons. The molecular weight excluding hydrogens is 242 g/mol. The van der Waals surface area contributed by atoms with E-state index >= 15 is 0 Å². The third-order valence-corrected chi connectivity index (χ3v) is 3.58. The van der Waals surface area contributed by atoms with Crippen molar-refractivity contribution in [2.45, 2.75) is 44.4 Å². The van der Waals surface area contributed by atoms with E-state index in [9.17, 15) is 5.11 Å². The number of nitrogens with one attached hydrogen (secondary N) is 1. The van der Waals surface area contributed by atoms with E-state index in [4.69, 9.17) is 9.47 Å². The summed E-state index contributed by atoms with van der Waals surface area (Å²) in [6.45, 7) is 0.718. The standard InChI is InChI=1S/C15H23NO3/c1-16-10-11-9-12(18-2)7-8-14(11)19-15-6-4-3-5-13(15)17/h7-9,13,15-17H,3-6,10H2,1-2H3. The predicted octanol–water partition coefficient (Wildman–Crippen LogP) is 2.10. The molecule has 1 saturated carbocycles. The molecule has 1 aliphatic carbocycles. The molecule has 0 saturated heterocycles. The zero-order chi connectivity index (χ0) is 13.7. The minimum Gasteiger partial charge on any atom is -0.497 e. The SMILES string of the molecule is CNCc1cc(OC)ccc1OC1CCCCC1O. The first-order valence-electron chi connectivity index (χ1n) is 6.91. The van der Waals surface area contributed by atoms with Crippen LogP contribution in [-0.2, 0) is 6.54 Å². The lowest BCUT2D eigenvalue weighted by atomic mass is 9.95. The smallest absolute Gasteiger partial charge is 0.124 e. The second-order valence-corrected chi connectivity index (χ2v) is 5.01. The Hall–Kier alpha value is -1.26. The fourth-order valence-electron chi connectivity index (χ4n) is 2.50. The topological polar surface area (TPSA) is 50.7 Å². The van der Waals surface area contributed by atoms with Gasteiger partial charge in [0.05, 0.1) is 13.2 Å². The lowest BCUT2D eigenvalue weighted by Gasteiger charge is -2.29. The van der Waals surface area contributed by atoms with Crippen molar-refractivity contribution in [1.29, 1.82) is 0 Å². The Bertz CT molecular complexity index is 408. The van der Waals surface area contributed by atoms with Crippen molar-refractivity contribution >= 4 is 0 Å². The third-order valence-electron chi connectivity index (χ3n) is 3.58. The number of methoxy groups -OCH3 is 1. The molecule has 1 aliphatic rings. The normalized spacial score (nSPS) is 23.1. The Balaban J connectivity index is 2.13. The first kappa shape index (κ1) is 14.2. The van der Waals surface area contributed by atoms with Crippen molar-refractivity contribution < 1.29 is 14.6 Å². The number of hydrogen-bond donors (Lipinski definition) is 2. The Morgan fingerprint density at radius 3 is 2.79 bits per heavy atom. The molecule has 0 aromatic heterocycles. The summed E-state index contributed by atoms with van der Waals surface area (Å²) in [5, 5.41) is 13.1. The van der Waals surface area contributed by atoms with Crippen LogP contribution < -0.4 is 14.8 Å². The average molecular weight is 265 g/mol. The zero-order valence-corrected chi connectivity index (χ0v) is 11.7. The summed E-state index contributed by atoms with van der Waals surface area (Å²) in [6, 6.07) is 5.79. The number of aliphatic hydroxyl groups is 1. The van der Waals surface area contributed by atoms with Gasteiger partial charge < -0.3 is 19.9 Å². The second kappa shape index (κ2) is 6.78. The maximum atomic E-state index is 9.99.